The van der Waals surface area contributed by atoms with Gasteiger partial charge in [-0.1, -0.05) is 20.8 Å². The number of epoxide rings is 1. The second kappa shape index (κ2) is 4.04. The molecule has 2 heterocycles. The van der Waals surface area contributed by atoms with Crippen molar-refractivity contribution in [3.8, 4) is 0 Å². The predicted molar refractivity (Wildman–Crippen MR) is 59.4 cm³/mol. The summed E-state index contributed by atoms with van der Waals surface area (Å²) in [6, 6.07) is 0. The van der Waals surface area contributed by atoms with Crippen LogP contribution in [0.2, 0.25) is 0 Å². The van der Waals surface area contributed by atoms with Crippen LogP contribution >= 0.6 is 0 Å². The van der Waals surface area contributed by atoms with Gasteiger partial charge in [0.25, 0.3) is 0 Å². The average Bonchev–Trinajstić information content (AvgIpc) is 2.96. The second-order valence-corrected chi connectivity index (χ2v) is 5.51. The van der Waals surface area contributed by atoms with Crippen molar-refractivity contribution in [2.24, 2.45) is 11.3 Å². The van der Waals surface area contributed by atoms with Crippen LogP contribution in [-0.2, 0) is 9.47 Å². The van der Waals surface area contributed by atoms with Crippen molar-refractivity contribution in [2.75, 3.05) is 20.2 Å². The van der Waals surface area contributed by atoms with Crippen LogP contribution in [0, 0.1) is 11.3 Å². The van der Waals surface area contributed by atoms with Gasteiger partial charge in [-0.15, -0.1) is 0 Å². The second-order valence-electron chi connectivity index (χ2n) is 5.51. The Kier molecular flexibility index (Phi) is 3.06. The molecule has 88 valence electrons. The highest BCUT2D eigenvalue weighted by Gasteiger charge is 2.47. The Morgan fingerprint density at radius 2 is 2.20 bits per heavy atom. The summed E-state index contributed by atoms with van der Waals surface area (Å²) in [7, 11) is 1.72. The van der Waals surface area contributed by atoms with Gasteiger partial charge in [0.05, 0.1) is 0 Å². The smallest absolute Gasteiger partial charge is 0.199 e. The number of likely N-dealkylation sites (tertiary alicyclic amines) is 1. The van der Waals surface area contributed by atoms with Crippen molar-refractivity contribution in [1.29, 1.82) is 0 Å². The van der Waals surface area contributed by atoms with Gasteiger partial charge in [-0.2, -0.15) is 0 Å². The zero-order valence-electron chi connectivity index (χ0n) is 10.3. The van der Waals surface area contributed by atoms with Crippen LogP contribution in [0.25, 0.3) is 0 Å². The molecule has 2 aliphatic rings. The summed E-state index contributed by atoms with van der Waals surface area (Å²) in [6.07, 6.45) is 2.88. The van der Waals surface area contributed by atoms with Crippen LogP contribution in [0.3, 0.4) is 0 Å². The van der Waals surface area contributed by atoms with E-state index in [-0.39, 0.29) is 12.5 Å². The third kappa shape index (κ3) is 2.19. The summed E-state index contributed by atoms with van der Waals surface area (Å²) in [5.41, 5.74) is 0.447. The Labute approximate surface area is 92.7 Å². The van der Waals surface area contributed by atoms with E-state index in [1.165, 1.54) is 12.8 Å². The Morgan fingerprint density at radius 1 is 1.47 bits per heavy atom. The quantitative estimate of drug-likeness (QED) is 0.671. The third-order valence-electron chi connectivity index (χ3n) is 4.17. The van der Waals surface area contributed by atoms with E-state index in [9.17, 15) is 0 Å². The minimum absolute atomic E-state index is 0.0273. The van der Waals surface area contributed by atoms with E-state index in [2.05, 4.69) is 25.7 Å². The first-order valence-electron chi connectivity index (χ1n) is 5.99. The summed E-state index contributed by atoms with van der Waals surface area (Å²) >= 11 is 0. The lowest BCUT2D eigenvalue weighted by molar-refractivity contribution is 0.0341. The Balaban J connectivity index is 1.93. The van der Waals surface area contributed by atoms with E-state index in [4.69, 9.17) is 9.47 Å². The standard InChI is InChI=1S/C12H23NO2/c1-9(2)12(3)6-5-7-13(8-12)10-11(14-4)15-10/h9-11H,5-8H2,1-4H3. The number of hydrogen-bond acceptors (Lipinski definition) is 3. The van der Waals surface area contributed by atoms with Crippen LogP contribution in [-0.4, -0.2) is 37.6 Å². The van der Waals surface area contributed by atoms with Crippen LogP contribution in [0.4, 0.5) is 0 Å². The molecule has 0 aromatic heterocycles. The van der Waals surface area contributed by atoms with Gasteiger partial charge >= 0.3 is 0 Å². The molecule has 0 amide bonds. The minimum Gasteiger partial charge on any atom is -0.352 e. The highest BCUT2D eigenvalue weighted by atomic mass is 16.8. The maximum Gasteiger partial charge on any atom is 0.199 e. The zero-order chi connectivity index (χ0) is 11.1. The maximum absolute atomic E-state index is 5.48. The number of methoxy groups -OCH3 is 1. The van der Waals surface area contributed by atoms with Crippen molar-refractivity contribution >= 4 is 0 Å². The molecule has 0 radical (unpaired) electrons. The summed E-state index contributed by atoms with van der Waals surface area (Å²) in [6.45, 7) is 9.35. The largest absolute Gasteiger partial charge is 0.352 e. The van der Waals surface area contributed by atoms with Gasteiger partial charge in [-0.25, -0.2) is 0 Å². The SMILES string of the molecule is COC1OC1N1CCCC(C)(C(C)C)C1. The molecule has 0 bridgehead atoms. The van der Waals surface area contributed by atoms with E-state index >= 15 is 0 Å². The Morgan fingerprint density at radius 3 is 2.73 bits per heavy atom. The molecule has 15 heavy (non-hydrogen) atoms. The summed E-state index contributed by atoms with van der Waals surface area (Å²) in [4.78, 5) is 2.44. The van der Waals surface area contributed by atoms with Crippen molar-refractivity contribution in [1.82, 2.24) is 4.90 Å². The molecule has 3 heteroatoms. The van der Waals surface area contributed by atoms with Gasteiger partial charge in [0.1, 0.15) is 0 Å². The fourth-order valence-corrected chi connectivity index (χ4v) is 2.52. The van der Waals surface area contributed by atoms with Gasteiger partial charge < -0.3 is 9.47 Å². The Bertz CT molecular complexity index is 232. The van der Waals surface area contributed by atoms with Crippen molar-refractivity contribution < 1.29 is 9.47 Å². The molecule has 2 rings (SSSR count). The van der Waals surface area contributed by atoms with Crippen LogP contribution in [0.5, 0.6) is 0 Å². The molecule has 0 saturated carbocycles. The van der Waals surface area contributed by atoms with E-state index in [1.807, 2.05) is 0 Å². The monoisotopic (exact) mass is 213 g/mol. The molecule has 2 saturated heterocycles. The summed E-state index contributed by atoms with van der Waals surface area (Å²) in [5, 5.41) is 0. The number of ether oxygens (including phenoxy) is 2. The first-order valence-corrected chi connectivity index (χ1v) is 5.99. The van der Waals surface area contributed by atoms with Crippen LogP contribution in [0.15, 0.2) is 0 Å². The molecule has 3 nitrogen and oxygen atoms in total. The number of piperidine rings is 1. The fourth-order valence-electron chi connectivity index (χ4n) is 2.52. The van der Waals surface area contributed by atoms with Gasteiger partial charge in [0.2, 0.25) is 0 Å². The van der Waals surface area contributed by atoms with Crippen LogP contribution in [0.1, 0.15) is 33.6 Å². The van der Waals surface area contributed by atoms with E-state index in [1.54, 1.807) is 7.11 Å². The maximum atomic E-state index is 5.48. The zero-order valence-corrected chi connectivity index (χ0v) is 10.3. The normalized spacial score (nSPS) is 42.2. The Hall–Kier alpha value is -0.120. The predicted octanol–water partition coefficient (Wildman–Crippen LogP) is 2.07. The molecule has 0 spiro atoms. The molecular formula is C12H23NO2. The molecule has 0 aliphatic carbocycles. The molecule has 0 aromatic carbocycles. The van der Waals surface area contributed by atoms with E-state index < -0.39 is 0 Å². The number of nitrogens with zero attached hydrogens (tertiary/aromatic N) is 1. The molecular weight excluding hydrogens is 190 g/mol. The highest BCUT2D eigenvalue weighted by Crippen LogP contribution is 2.40. The lowest BCUT2D eigenvalue weighted by Gasteiger charge is -2.42. The highest BCUT2D eigenvalue weighted by molar-refractivity contribution is 4.90. The first kappa shape index (κ1) is 11.4. The van der Waals surface area contributed by atoms with Crippen LogP contribution < -0.4 is 0 Å². The van der Waals surface area contributed by atoms with E-state index in [0.717, 1.165) is 19.0 Å². The average molecular weight is 213 g/mol. The van der Waals surface area contributed by atoms with Gasteiger partial charge in [0.15, 0.2) is 12.5 Å². The molecule has 3 atom stereocenters. The topological polar surface area (TPSA) is 25.0 Å². The fraction of sp³-hybridized carbons (Fsp3) is 1.00. The summed E-state index contributed by atoms with van der Waals surface area (Å²) < 4.78 is 10.7. The lowest BCUT2D eigenvalue weighted by Crippen LogP contribution is -2.46. The molecule has 0 aromatic rings. The van der Waals surface area contributed by atoms with Crippen molar-refractivity contribution in [3.05, 3.63) is 0 Å². The summed E-state index contributed by atoms with van der Waals surface area (Å²) in [5.74, 6) is 0.736. The van der Waals surface area contributed by atoms with Gasteiger partial charge in [-0.3, -0.25) is 4.90 Å². The molecule has 0 N–H and O–H groups in total. The first-order chi connectivity index (χ1) is 7.07. The minimum atomic E-state index is 0.0273. The van der Waals surface area contributed by atoms with Crippen molar-refractivity contribution in [3.63, 3.8) is 0 Å². The number of hydrogen-bond donors (Lipinski definition) is 0. The molecule has 2 aliphatic heterocycles. The van der Waals surface area contributed by atoms with Gasteiger partial charge in [0, 0.05) is 20.2 Å². The lowest BCUT2D eigenvalue weighted by atomic mass is 9.73. The molecule has 3 unspecified atom stereocenters. The number of rotatable bonds is 3. The van der Waals surface area contributed by atoms with Crippen molar-refractivity contribution in [2.45, 2.75) is 46.1 Å². The molecule has 2 fully saturated rings. The van der Waals surface area contributed by atoms with E-state index in [0.29, 0.717) is 5.41 Å². The third-order valence-corrected chi connectivity index (χ3v) is 4.17. The van der Waals surface area contributed by atoms with Gasteiger partial charge in [-0.05, 0) is 24.2 Å².